The lowest BCUT2D eigenvalue weighted by Crippen LogP contribution is -2.24. The molecule has 0 aromatic heterocycles. The highest BCUT2D eigenvalue weighted by molar-refractivity contribution is 5.59. The number of hydrogen-bond acceptors (Lipinski definition) is 0. The predicted molar refractivity (Wildman–Crippen MR) is 53.9 cm³/mol. The molecule has 0 unspecified atom stereocenters. The smallest absolute Gasteiger partial charge is 0.0117 e. The minimum absolute atomic E-state index is 1.09. The van der Waals surface area contributed by atoms with Crippen LogP contribution in [-0.4, -0.2) is 0 Å². The van der Waals surface area contributed by atoms with Gasteiger partial charge in [-0.1, -0.05) is 55.2 Å². The first-order chi connectivity index (χ1) is 5.88. The van der Waals surface area contributed by atoms with Gasteiger partial charge in [-0.3, -0.25) is 0 Å². The summed E-state index contributed by atoms with van der Waals surface area (Å²) in [5, 5.41) is 2.31. The summed E-state index contributed by atoms with van der Waals surface area (Å²) in [7, 11) is 0. The molecule has 0 saturated heterocycles. The lowest BCUT2D eigenvalue weighted by atomic mass is 10.1. The number of allylic oxidation sites excluding steroid dienone is 3. The molecule has 0 bridgehead atoms. The van der Waals surface area contributed by atoms with Crippen molar-refractivity contribution in [3.63, 3.8) is 0 Å². The van der Waals surface area contributed by atoms with Crippen molar-refractivity contribution in [1.82, 2.24) is 0 Å². The van der Waals surface area contributed by atoms with Crippen LogP contribution < -0.4 is 10.4 Å². The highest BCUT2D eigenvalue weighted by Gasteiger charge is 1.90. The largest absolute Gasteiger partial charge is 0.0911 e. The summed E-state index contributed by atoms with van der Waals surface area (Å²) >= 11 is 0. The zero-order valence-corrected chi connectivity index (χ0v) is 6.83. The molecule has 0 amide bonds. The van der Waals surface area contributed by atoms with Gasteiger partial charge in [-0.2, -0.15) is 0 Å². The van der Waals surface area contributed by atoms with Gasteiger partial charge in [0.25, 0.3) is 0 Å². The molecule has 1 aliphatic carbocycles. The Balaban J connectivity index is 2.89. The molecule has 1 aromatic carbocycles. The fourth-order valence-corrected chi connectivity index (χ4v) is 1.36. The van der Waals surface area contributed by atoms with Crippen LogP contribution in [0.2, 0.25) is 0 Å². The topological polar surface area (TPSA) is 0 Å². The summed E-state index contributed by atoms with van der Waals surface area (Å²) in [4.78, 5) is 0. The number of rotatable bonds is 0. The third-order valence-electron chi connectivity index (χ3n) is 1.99. The van der Waals surface area contributed by atoms with Crippen molar-refractivity contribution in [2.24, 2.45) is 0 Å². The molecule has 0 fully saturated rings. The van der Waals surface area contributed by atoms with Crippen molar-refractivity contribution in [3.8, 4) is 0 Å². The van der Waals surface area contributed by atoms with Gasteiger partial charge < -0.3 is 0 Å². The van der Waals surface area contributed by atoms with Crippen LogP contribution in [-0.2, 0) is 0 Å². The van der Waals surface area contributed by atoms with E-state index in [1.165, 1.54) is 10.8 Å². The second-order valence-electron chi connectivity index (χ2n) is 2.83. The second-order valence-corrected chi connectivity index (χ2v) is 2.83. The van der Waals surface area contributed by atoms with Gasteiger partial charge in [0.2, 0.25) is 0 Å². The van der Waals surface area contributed by atoms with Crippen molar-refractivity contribution < 1.29 is 0 Å². The van der Waals surface area contributed by atoms with E-state index in [0.29, 0.717) is 0 Å². The number of hydrogen-bond donors (Lipinski definition) is 0. The quantitative estimate of drug-likeness (QED) is 0.530. The number of fused-ring (bicyclic) bond motifs is 1. The summed E-state index contributed by atoms with van der Waals surface area (Å²) in [5.74, 6) is 0. The normalized spacial score (nSPS) is 13.3. The zero-order chi connectivity index (χ0) is 8.39. The number of benzene rings is 1. The molecule has 0 nitrogen and oxygen atoms in total. The van der Waals surface area contributed by atoms with E-state index in [0.717, 1.165) is 5.22 Å². The second kappa shape index (κ2) is 2.82. The Labute approximate surface area is 71.9 Å². The van der Waals surface area contributed by atoms with Gasteiger partial charge in [-0.15, -0.1) is 0 Å². The molecule has 0 spiro atoms. The van der Waals surface area contributed by atoms with E-state index in [1.807, 2.05) is 30.4 Å². The molecule has 2 rings (SSSR count). The van der Waals surface area contributed by atoms with E-state index in [2.05, 4.69) is 24.8 Å². The molecular formula is C12H10. The maximum Gasteiger partial charge on any atom is -0.0117 e. The Morgan fingerprint density at radius 1 is 1.00 bits per heavy atom. The third kappa shape index (κ3) is 1.12. The van der Waals surface area contributed by atoms with Gasteiger partial charge in [0.15, 0.2) is 0 Å². The first-order valence-electron chi connectivity index (χ1n) is 4.01. The Morgan fingerprint density at radius 3 is 2.83 bits per heavy atom. The highest BCUT2D eigenvalue weighted by Crippen LogP contribution is 1.96. The molecule has 0 N–H and O–H groups in total. The molecule has 0 atom stereocenters. The minimum atomic E-state index is 1.09. The standard InChI is InChI=1S/C12H10/c1-10-6-5-8-11-7-3-2-4-9-12(10)11/h2-9H,1H2. The van der Waals surface area contributed by atoms with E-state index >= 15 is 0 Å². The Morgan fingerprint density at radius 2 is 1.92 bits per heavy atom. The maximum absolute atomic E-state index is 3.98. The highest BCUT2D eigenvalue weighted by atomic mass is 14.0. The lowest BCUT2D eigenvalue weighted by molar-refractivity contribution is 1.50. The first-order valence-corrected chi connectivity index (χ1v) is 4.01. The molecule has 0 radical (unpaired) electrons. The van der Waals surface area contributed by atoms with Crippen molar-refractivity contribution in [3.05, 3.63) is 52.4 Å². The summed E-state index contributed by atoms with van der Waals surface area (Å²) < 4.78 is 0. The van der Waals surface area contributed by atoms with Crippen LogP contribution in [0, 0.1) is 0 Å². The molecule has 0 saturated carbocycles. The Kier molecular flexibility index (Phi) is 1.67. The van der Waals surface area contributed by atoms with Gasteiger partial charge in [-0.25, -0.2) is 0 Å². The minimum Gasteiger partial charge on any atom is -0.0911 e. The molecule has 0 aliphatic heterocycles. The molecule has 58 valence electrons. The van der Waals surface area contributed by atoms with Crippen LogP contribution in [0.15, 0.2) is 36.4 Å². The van der Waals surface area contributed by atoms with Crippen LogP contribution in [0.5, 0.6) is 0 Å². The Bertz CT molecular complexity index is 447. The fraction of sp³-hybridized carbons (Fsp3) is 0. The van der Waals surface area contributed by atoms with E-state index < -0.39 is 0 Å². The zero-order valence-electron chi connectivity index (χ0n) is 6.83. The van der Waals surface area contributed by atoms with Crippen LogP contribution in [0.25, 0.3) is 18.7 Å². The van der Waals surface area contributed by atoms with Crippen LogP contribution >= 0.6 is 0 Å². The van der Waals surface area contributed by atoms with Crippen LogP contribution in [0.1, 0.15) is 5.56 Å². The van der Waals surface area contributed by atoms with Gasteiger partial charge >= 0.3 is 0 Å². The predicted octanol–water partition coefficient (Wildman–Crippen LogP) is 1.46. The Hall–Kier alpha value is -1.56. The van der Waals surface area contributed by atoms with E-state index in [4.69, 9.17) is 0 Å². The molecule has 0 heterocycles. The van der Waals surface area contributed by atoms with Crippen molar-refractivity contribution in [1.29, 1.82) is 0 Å². The van der Waals surface area contributed by atoms with Crippen molar-refractivity contribution >= 4 is 18.7 Å². The van der Waals surface area contributed by atoms with Gasteiger partial charge in [0, 0.05) is 0 Å². The molecule has 1 aliphatic rings. The average molecular weight is 154 g/mol. The summed E-state index contributed by atoms with van der Waals surface area (Å²) in [6, 6.07) is 6.16. The van der Waals surface area contributed by atoms with Gasteiger partial charge in [0.05, 0.1) is 0 Å². The van der Waals surface area contributed by atoms with Gasteiger partial charge in [0.1, 0.15) is 0 Å². The average Bonchev–Trinajstić information content (AvgIpc) is 2.30. The summed E-state index contributed by atoms with van der Waals surface area (Å²) in [6.07, 6.45) is 10.3. The summed E-state index contributed by atoms with van der Waals surface area (Å²) in [5.41, 5.74) is 1.24. The van der Waals surface area contributed by atoms with Crippen LogP contribution in [0.3, 0.4) is 0 Å². The maximum atomic E-state index is 3.98. The van der Waals surface area contributed by atoms with E-state index in [9.17, 15) is 0 Å². The van der Waals surface area contributed by atoms with Crippen molar-refractivity contribution in [2.45, 2.75) is 0 Å². The van der Waals surface area contributed by atoms with Crippen LogP contribution in [0.4, 0.5) is 0 Å². The van der Waals surface area contributed by atoms with E-state index in [-0.39, 0.29) is 0 Å². The summed E-state index contributed by atoms with van der Waals surface area (Å²) in [6.45, 7) is 3.98. The molecule has 0 heteroatoms. The molecule has 12 heavy (non-hydrogen) atoms. The fourth-order valence-electron chi connectivity index (χ4n) is 1.36. The third-order valence-corrected chi connectivity index (χ3v) is 1.99. The first kappa shape index (κ1) is 7.11. The van der Waals surface area contributed by atoms with E-state index in [1.54, 1.807) is 0 Å². The SMILES string of the molecule is C=c1cccc2c1=CC=CC=C2. The molecule has 1 aromatic rings. The lowest BCUT2D eigenvalue weighted by Gasteiger charge is -1.93. The van der Waals surface area contributed by atoms with Crippen molar-refractivity contribution in [2.75, 3.05) is 0 Å². The monoisotopic (exact) mass is 154 g/mol. The molecular weight excluding hydrogens is 144 g/mol. The van der Waals surface area contributed by atoms with Gasteiger partial charge in [-0.05, 0) is 16.0 Å².